The van der Waals surface area contributed by atoms with Crippen LogP contribution in [0, 0.1) is 19.3 Å². The SMILES string of the molecule is COc1cc(C(=O)N[C@@H]2CCc3ccc(-c4cn5c(n4)CCC5)cc32)cc(OCCCNC(=O)CCOCCC(=O)NC(C(=O)N2C[C@H](O)C[C@H]2C(=O)NCc2ccc(-c3scnc3C)cc2)C(C)(C)C)c1C. The van der Waals surface area contributed by atoms with Crippen LogP contribution in [-0.2, 0) is 49.8 Å². The Hall–Kier alpha value is -6.63. The summed E-state index contributed by atoms with van der Waals surface area (Å²) in [4.78, 5) is 78.6. The molecule has 17 nitrogen and oxygen atoms in total. The van der Waals surface area contributed by atoms with Crippen molar-refractivity contribution in [2.45, 2.75) is 123 Å². The second-order valence-corrected chi connectivity index (χ2v) is 21.1. The van der Waals surface area contributed by atoms with E-state index in [9.17, 15) is 29.1 Å². The molecule has 0 radical (unpaired) electrons. The first-order valence-electron chi connectivity index (χ1n) is 25.3. The van der Waals surface area contributed by atoms with Crippen molar-refractivity contribution in [3.05, 3.63) is 106 Å². The van der Waals surface area contributed by atoms with Gasteiger partial charge in [0, 0.05) is 74.7 Å². The summed E-state index contributed by atoms with van der Waals surface area (Å²) in [5.41, 5.74) is 9.51. The highest BCUT2D eigenvalue weighted by atomic mass is 32.1. The van der Waals surface area contributed by atoms with Crippen molar-refractivity contribution in [2.24, 2.45) is 5.41 Å². The third-order valence-corrected chi connectivity index (χ3v) is 14.8. The van der Waals surface area contributed by atoms with E-state index in [1.54, 1.807) is 30.6 Å². The zero-order valence-corrected chi connectivity index (χ0v) is 43.5. The monoisotopic (exact) mass is 1020 g/mol. The molecule has 8 rings (SSSR count). The number of amides is 5. The lowest BCUT2D eigenvalue weighted by Crippen LogP contribution is -2.57. The average molecular weight is 1020 g/mol. The van der Waals surface area contributed by atoms with Crippen LogP contribution >= 0.6 is 11.3 Å². The first-order chi connectivity index (χ1) is 35.1. The molecule has 1 unspecified atom stereocenters. The predicted molar refractivity (Wildman–Crippen MR) is 277 cm³/mol. The molecule has 3 aromatic carbocycles. The van der Waals surface area contributed by atoms with Gasteiger partial charge in [-0.2, -0.15) is 0 Å². The average Bonchev–Trinajstić information content (AvgIpc) is 4.23. The summed E-state index contributed by atoms with van der Waals surface area (Å²) in [5.74, 6) is 0.477. The summed E-state index contributed by atoms with van der Waals surface area (Å²) in [7, 11) is 1.56. The van der Waals surface area contributed by atoms with E-state index in [0.29, 0.717) is 30.0 Å². The molecule has 4 heterocycles. The molecule has 0 bridgehead atoms. The van der Waals surface area contributed by atoms with Crippen LogP contribution < -0.4 is 30.7 Å². The highest BCUT2D eigenvalue weighted by molar-refractivity contribution is 7.13. The largest absolute Gasteiger partial charge is 0.496 e. The second kappa shape index (κ2) is 23.5. The molecular formula is C55H68N8O9S. The molecule has 2 aliphatic heterocycles. The summed E-state index contributed by atoms with van der Waals surface area (Å²) in [6.45, 7) is 11.3. The fraction of sp³-hybridized carbons (Fsp3) is 0.473. The number of imidazole rings is 1. The molecule has 388 valence electrons. The Kier molecular flexibility index (Phi) is 17.0. The molecule has 5 N–H and O–H groups in total. The van der Waals surface area contributed by atoms with Crippen LogP contribution in [0.2, 0.25) is 0 Å². The van der Waals surface area contributed by atoms with Crippen molar-refractivity contribution >= 4 is 40.9 Å². The molecule has 0 saturated carbocycles. The molecule has 4 atom stereocenters. The number of thiazole rings is 1. The number of carbonyl (C=O) groups is 5. The first kappa shape index (κ1) is 52.7. The maximum Gasteiger partial charge on any atom is 0.252 e. The van der Waals surface area contributed by atoms with Gasteiger partial charge >= 0.3 is 0 Å². The Morgan fingerprint density at radius 1 is 0.918 bits per heavy atom. The summed E-state index contributed by atoms with van der Waals surface area (Å²) >= 11 is 1.57. The van der Waals surface area contributed by atoms with Gasteiger partial charge < -0.3 is 50.1 Å². The maximum absolute atomic E-state index is 14.0. The van der Waals surface area contributed by atoms with Crippen LogP contribution in [-0.4, -0.2) is 112 Å². The number of aromatic nitrogens is 3. The molecule has 18 heteroatoms. The van der Waals surface area contributed by atoms with Crippen molar-refractivity contribution in [1.29, 1.82) is 0 Å². The molecule has 73 heavy (non-hydrogen) atoms. The third kappa shape index (κ3) is 13.0. The van der Waals surface area contributed by atoms with Crippen molar-refractivity contribution in [1.82, 2.24) is 40.7 Å². The lowest BCUT2D eigenvalue weighted by Gasteiger charge is -2.35. The van der Waals surface area contributed by atoms with Crippen LogP contribution in [0.15, 0.2) is 66.3 Å². The number of ether oxygens (including phenoxy) is 3. The lowest BCUT2D eigenvalue weighted by atomic mass is 9.85. The van der Waals surface area contributed by atoms with Crippen LogP contribution in [0.3, 0.4) is 0 Å². The van der Waals surface area contributed by atoms with Gasteiger partial charge in [-0.1, -0.05) is 57.2 Å². The minimum absolute atomic E-state index is 0.0265. The molecule has 3 aliphatic rings. The number of hydrogen-bond acceptors (Lipinski definition) is 12. The Balaban J connectivity index is 0.733. The van der Waals surface area contributed by atoms with Crippen molar-refractivity contribution in [3.8, 4) is 33.2 Å². The van der Waals surface area contributed by atoms with Gasteiger partial charge in [0.25, 0.3) is 5.91 Å². The zero-order chi connectivity index (χ0) is 51.8. The molecule has 5 aromatic rings. The smallest absolute Gasteiger partial charge is 0.252 e. The number of aliphatic hydroxyl groups is 1. The fourth-order valence-corrected chi connectivity index (χ4v) is 10.5. The Morgan fingerprint density at radius 2 is 1.67 bits per heavy atom. The van der Waals surface area contributed by atoms with Gasteiger partial charge in [-0.25, -0.2) is 9.97 Å². The Labute approximate surface area is 430 Å². The van der Waals surface area contributed by atoms with E-state index in [1.165, 1.54) is 10.5 Å². The van der Waals surface area contributed by atoms with Gasteiger partial charge in [-0.15, -0.1) is 11.3 Å². The summed E-state index contributed by atoms with van der Waals surface area (Å²) in [6.07, 6.45) is 5.66. The number of nitrogens with zero attached hydrogens (tertiary/aromatic N) is 4. The Bertz CT molecular complexity index is 2780. The first-order valence-corrected chi connectivity index (χ1v) is 26.1. The molecule has 2 aromatic heterocycles. The summed E-state index contributed by atoms with van der Waals surface area (Å²) < 4.78 is 19.6. The molecule has 0 spiro atoms. The van der Waals surface area contributed by atoms with E-state index in [1.807, 2.05) is 64.4 Å². The van der Waals surface area contributed by atoms with Gasteiger partial charge in [0.05, 0.1) is 60.9 Å². The predicted octanol–water partition coefficient (Wildman–Crippen LogP) is 6.15. The molecule has 1 aliphatic carbocycles. The number of rotatable bonds is 21. The van der Waals surface area contributed by atoms with E-state index in [2.05, 4.69) is 55.2 Å². The minimum Gasteiger partial charge on any atom is -0.496 e. The quantitative estimate of drug-likeness (QED) is 0.0526. The van der Waals surface area contributed by atoms with Gasteiger partial charge in [-0.3, -0.25) is 24.0 Å². The number of nitrogens with one attached hydrogen (secondary N) is 4. The summed E-state index contributed by atoms with van der Waals surface area (Å²) in [6, 6.07) is 15.7. The number of methoxy groups -OCH3 is 1. The van der Waals surface area contributed by atoms with Gasteiger partial charge in [0.15, 0.2) is 0 Å². The van der Waals surface area contributed by atoms with Crippen LogP contribution in [0.5, 0.6) is 11.5 Å². The lowest BCUT2D eigenvalue weighted by molar-refractivity contribution is -0.144. The fourth-order valence-electron chi connectivity index (χ4n) is 9.72. The highest BCUT2D eigenvalue weighted by Crippen LogP contribution is 2.36. The normalized spacial score (nSPS) is 17.4. The molecular weight excluding hydrogens is 949 g/mol. The standard InChI is InChI=1S/C55H68N8O9S/c1-33-45(70-6)26-39(52(67)60-42-17-16-36-14-15-38(25-41(36)42)43-31-62-21-7-9-47(62)59-43)27-46(33)72-22-8-20-56-48(65)18-23-71-24-19-49(66)61-51(55(3,4)5)54(69)63-30-40(64)28-44(63)53(68)57-29-35-10-12-37(13-11-35)50-34(2)58-32-73-50/h10-15,25-27,31-32,40,42,44,51,64H,7-9,16-24,28-30H2,1-6H3,(H,56,65)(H,57,68)(H,60,67)(H,61,66)/t40-,42-,44+,51?/m1/s1. The highest BCUT2D eigenvalue weighted by Gasteiger charge is 2.44. The number of fused-ring (bicyclic) bond motifs is 2. The Morgan fingerprint density at radius 3 is 2.40 bits per heavy atom. The van der Waals surface area contributed by atoms with Crippen molar-refractivity contribution in [2.75, 3.05) is 40.0 Å². The number of carbonyl (C=O) groups excluding carboxylic acids is 5. The topological polar surface area (TPSA) is 215 Å². The van der Waals surface area contributed by atoms with E-state index >= 15 is 0 Å². The third-order valence-electron chi connectivity index (χ3n) is 13.8. The van der Waals surface area contributed by atoms with E-state index < -0.39 is 35.4 Å². The second-order valence-electron chi connectivity index (χ2n) is 20.2. The number of hydrogen-bond donors (Lipinski definition) is 5. The summed E-state index contributed by atoms with van der Waals surface area (Å²) in [5, 5.41) is 22.5. The van der Waals surface area contributed by atoms with Crippen molar-refractivity contribution < 1.29 is 43.3 Å². The number of benzene rings is 3. The van der Waals surface area contributed by atoms with Gasteiger partial charge in [0.2, 0.25) is 23.6 Å². The number of aryl methyl sites for hydroxylation is 4. The van der Waals surface area contributed by atoms with E-state index in [4.69, 9.17) is 19.2 Å². The molecule has 5 amide bonds. The van der Waals surface area contributed by atoms with E-state index in [-0.39, 0.29) is 75.9 Å². The number of β-amino-alcohol motifs (C(OH)–C–C–N with tert-alkyl or cyclic N) is 1. The molecule has 1 saturated heterocycles. The van der Waals surface area contributed by atoms with Gasteiger partial charge in [0.1, 0.15) is 29.4 Å². The van der Waals surface area contributed by atoms with Gasteiger partial charge in [-0.05, 0) is 85.4 Å². The van der Waals surface area contributed by atoms with Crippen LogP contribution in [0.4, 0.5) is 0 Å². The number of aliphatic hydroxyl groups excluding tert-OH is 1. The van der Waals surface area contributed by atoms with Crippen LogP contribution in [0.1, 0.15) is 109 Å². The molecule has 1 fully saturated rings. The zero-order valence-electron chi connectivity index (χ0n) is 42.7. The van der Waals surface area contributed by atoms with Crippen molar-refractivity contribution in [3.63, 3.8) is 0 Å². The van der Waals surface area contributed by atoms with E-state index in [0.717, 1.165) is 82.1 Å². The minimum atomic E-state index is -0.975. The maximum atomic E-state index is 14.0. The van der Waals surface area contributed by atoms with Crippen LogP contribution in [0.25, 0.3) is 21.7 Å². The number of likely N-dealkylation sites (tertiary alicyclic amines) is 1.